The predicted octanol–water partition coefficient (Wildman–Crippen LogP) is 4.31. The number of nitrogens with two attached hydrogens (primary N) is 1. The number of para-hydroxylation sites is 1. The molecule has 132 valence electrons. The topological polar surface area (TPSA) is 92.9 Å². The second kappa shape index (κ2) is 7.65. The van der Waals surface area contributed by atoms with Crippen LogP contribution in [0.1, 0.15) is 29.8 Å². The number of Topliss-reactive ketones (excluding diaryl/α,β-unsaturated/α-hetero) is 1. The normalized spacial score (nSPS) is 10.4. The number of ketones is 1. The van der Waals surface area contributed by atoms with E-state index in [1.54, 1.807) is 12.1 Å². The van der Waals surface area contributed by atoms with E-state index in [4.69, 9.17) is 5.73 Å². The van der Waals surface area contributed by atoms with E-state index in [-0.39, 0.29) is 5.78 Å². The van der Waals surface area contributed by atoms with Gasteiger partial charge in [0, 0.05) is 16.9 Å². The van der Waals surface area contributed by atoms with Gasteiger partial charge in [-0.3, -0.25) is 4.79 Å². The second-order valence-corrected chi connectivity index (χ2v) is 5.88. The van der Waals surface area contributed by atoms with Crippen LogP contribution in [0.2, 0.25) is 0 Å². The average molecular weight is 347 g/mol. The molecule has 6 nitrogen and oxygen atoms in total. The van der Waals surface area contributed by atoms with Crippen LogP contribution in [0.25, 0.3) is 0 Å². The van der Waals surface area contributed by atoms with Gasteiger partial charge in [-0.2, -0.15) is 0 Å². The molecular weight excluding hydrogens is 326 g/mol. The zero-order chi connectivity index (χ0) is 18.5. The number of hydrogen-bond acceptors (Lipinski definition) is 6. The van der Waals surface area contributed by atoms with Crippen molar-refractivity contribution in [2.45, 2.75) is 20.3 Å². The summed E-state index contributed by atoms with van der Waals surface area (Å²) < 4.78 is 0. The minimum atomic E-state index is 0.0270. The van der Waals surface area contributed by atoms with Crippen LogP contribution in [0.3, 0.4) is 0 Å². The molecule has 0 aliphatic heterocycles. The first kappa shape index (κ1) is 17.4. The molecule has 3 aromatic rings. The third kappa shape index (κ3) is 3.80. The number of rotatable bonds is 6. The monoisotopic (exact) mass is 347 g/mol. The first-order valence-electron chi connectivity index (χ1n) is 8.42. The summed E-state index contributed by atoms with van der Waals surface area (Å²) in [4.78, 5) is 19.8. The maximum absolute atomic E-state index is 11.4. The van der Waals surface area contributed by atoms with Crippen molar-refractivity contribution in [3.05, 3.63) is 66.0 Å². The lowest BCUT2D eigenvalue weighted by Gasteiger charge is -2.14. The molecule has 0 radical (unpaired) electrons. The summed E-state index contributed by atoms with van der Waals surface area (Å²) in [5.74, 6) is 1.08. The van der Waals surface area contributed by atoms with E-state index in [1.165, 1.54) is 18.8 Å². The van der Waals surface area contributed by atoms with Gasteiger partial charge in [-0.05, 0) is 49.2 Å². The number of nitrogens with one attached hydrogen (secondary N) is 2. The molecule has 0 aliphatic carbocycles. The van der Waals surface area contributed by atoms with Gasteiger partial charge >= 0.3 is 0 Å². The van der Waals surface area contributed by atoms with Crippen LogP contribution in [0.5, 0.6) is 0 Å². The summed E-state index contributed by atoms with van der Waals surface area (Å²) >= 11 is 0. The number of carbonyl (C=O) groups is 1. The van der Waals surface area contributed by atoms with Gasteiger partial charge < -0.3 is 16.4 Å². The molecule has 0 atom stereocenters. The van der Waals surface area contributed by atoms with E-state index in [0.29, 0.717) is 22.9 Å². The molecule has 0 fully saturated rings. The van der Waals surface area contributed by atoms with Gasteiger partial charge in [-0.25, -0.2) is 9.97 Å². The highest BCUT2D eigenvalue weighted by Crippen LogP contribution is 2.29. The maximum atomic E-state index is 11.4. The standard InChI is InChI=1S/C20H21N5O/c1-3-14-6-4-5-7-17(14)25-20-18(21)19(22-12-23-20)24-16-10-8-15(9-11-16)13(2)26/h4-12H,3,21H2,1-2H3,(H2,22,23,24,25). The molecule has 0 bridgehead atoms. The molecule has 0 amide bonds. The van der Waals surface area contributed by atoms with Crippen LogP contribution in [-0.2, 0) is 6.42 Å². The van der Waals surface area contributed by atoms with Crippen LogP contribution < -0.4 is 16.4 Å². The molecule has 4 N–H and O–H groups in total. The molecule has 0 saturated carbocycles. The first-order chi connectivity index (χ1) is 12.6. The number of nitrogen functional groups attached to an aromatic ring is 1. The van der Waals surface area contributed by atoms with Crippen LogP contribution >= 0.6 is 0 Å². The first-order valence-corrected chi connectivity index (χ1v) is 8.42. The van der Waals surface area contributed by atoms with Crippen molar-refractivity contribution < 1.29 is 4.79 Å². The highest BCUT2D eigenvalue weighted by atomic mass is 16.1. The van der Waals surface area contributed by atoms with Gasteiger partial charge in [0.1, 0.15) is 12.0 Å². The number of benzene rings is 2. The lowest BCUT2D eigenvalue weighted by atomic mass is 10.1. The number of anilines is 5. The molecule has 0 unspecified atom stereocenters. The molecular formula is C20H21N5O. The van der Waals surface area contributed by atoms with Crippen molar-refractivity contribution in [3.8, 4) is 0 Å². The number of carbonyl (C=O) groups excluding carboxylic acids is 1. The van der Waals surface area contributed by atoms with Gasteiger partial charge in [0.2, 0.25) is 0 Å². The highest BCUT2D eigenvalue weighted by molar-refractivity contribution is 5.94. The van der Waals surface area contributed by atoms with E-state index >= 15 is 0 Å². The lowest BCUT2D eigenvalue weighted by molar-refractivity contribution is 0.101. The van der Waals surface area contributed by atoms with Crippen LogP contribution in [0.15, 0.2) is 54.9 Å². The van der Waals surface area contributed by atoms with Crippen molar-refractivity contribution in [2.75, 3.05) is 16.4 Å². The largest absolute Gasteiger partial charge is 0.393 e. The van der Waals surface area contributed by atoms with Crippen molar-refractivity contribution in [2.24, 2.45) is 0 Å². The lowest BCUT2D eigenvalue weighted by Crippen LogP contribution is -2.06. The summed E-state index contributed by atoms with van der Waals surface area (Å²) in [7, 11) is 0. The van der Waals surface area contributed by atoms with Crippen molar-refractivity contribution in [3.63, 3.8) is 0 Å². The van der Waals surface area contributed by atoms with Crippen LogP contribution in [0, 0.1) is 0 Å². The van der Waals surface area contributed by atoms with E-state index in [2.05, 4.69) is 33.6 Å². The number of aryl methyl sites for hydroxylation is 1. The highest BCUT2D eigenvalue weighted by Gasteiger charge is 2.10. The Labute approximate surface area is 152 Å². The number of aromatic nitrogens is 2. The fourth-order valence-electron chi connectivity index (χ4n) is 2.60. The Morgan fingerprint density at radius 1 is 1.00 bits per heavy atom. The third-order valence-corrected chi connectivity index (χ3v) is 4.09. The Hall–Kier alpha value is -3.41. The fourth-order valence-corrected chi connectivity index (χ4v) is 2.60. The Morgan fingerprint density at radius 2 is 1.65 bits per heavy atom. The average Bonchev–Trinajstić information content (AvgIpc) is 2.66. The van der Waals surface area contributed by atoms with Crippen molar-refractivity contribution in [1.82, 2.24) is 9.97 Å². The summed E-state index contributed by atoms with van der Waals surface area (Å²) in [6, 6.07) is 15.2. The number of hydrogen-bond donors (Lipinski definition) is 3. The molecule has 1 heterocycles. The second-order valence-electron chi connectivity index (χ2n) is 5.88. The molecule has 0 aliphatic rings. The third-order valence-electron chi connectivity index (χ3n) is 4.09. The predicted molar refractivity (Wildman–Crippen MR) is 105 cm³/mol. The zero-order valence-corrected chi connectivity index (χ0v) is 14.8. The molecule has 26 heavy (non-hydrogen) atoms. The molecule has 6 heteroatoms. The quantitative estimate of drug-likeness (QED) is 0.575. The summed E-state index contributed by atoms with van der Waals surface area (Å²) in [6.45, 7) is 3.64. The van der Waals surface area contributed by atoms with E-state index in [0.717, 1.165) is 17.8 Å². The Balaban J connectivity index is 1.84. The minimum absolute atomic E-state index is 0.0270. The van der Waals surface area contributed by atoms with Gasteiger partial charge in [0.15, 0.2) is 17.4 Å². The molecule has 3 rings (SSSR count). The fraction of sp³-hybridized carbons (Fsp3) is 0.150. The Bertz CT molecular complexity index is 922. The minimum Gasteiger partial charge on any atom is -0.393 e. The SMILES string of the molecule is CCc1ccccc1Nc1ncnc(Nc2ccc(C(C)=O)cc2)c1N. The zero-order valence-electron chi connectivity index (χ0n) is 14.8. The molecule has 0 saturated heterocycles. The molecule has 1 aromatic heterocycles. The van der Waals surface area contributed by atoms with Gasteiger partial charge in [0.05, 0.1) is 0 Å². The summed E-state index contributed by atoms with van der Waals surface area (Å²) in [5, 5.41) is 6.45. The van der Waals surface area contributed by atoms with Crippen LogP contribution in [-0.4, -0.2) is 15.8 Å². The summed E-state index contributed by atoms with van der Waals surface area (Å²) in [6.07, 6.45) is 2.36. The van der Waals surface area contributed by atoms with Crippen molar-refractivity contribution >= 4 is 34.5 Å². The smallest absolute Gasteiger partial charge is 0.159 e. The summed E-state index contributed by atoms with van der Waals surface area (Å²) in [5.41, 5.74) is 10.3. The van der Waals surface area contributed by atoms with E-state index in [9.17, 15) is 4.79 Å². The number of nitrogens with zero attached hydrogens (tertiary/aromatic N) is 2. The molecule has 0 spiro atoms. The van der Waals surface area contributed by atoms with Crippen molar-refractivity contribution in [1.29, 1.82) is 0 Å². The van der Waals surface area contributed by atoms with Gasteiger partial charge in [0.25, 0.3) is 0 Å². The molecule has 2 aromatic carbocycles. The Kier molecular flexibility index (Phi) is 5.12. The Morgan fingerprint density at radius 3 is 2.31 bits per heavy atom. The maximum Gasteiger partial charge on any atom is 0.159 e. The van der Waals surface area contributed by atoms with Gasteiger partial charge in [-0.1, -0.05) is 25.1 Å². The van der Waals surface area contributed by atoms with Gasteiger partial charge in [-0.15, -0.1) is 0 Å². The van der Waals surface area contributed by atoms with E-state index in [1.807, 2.05) is 30.3 Å². The van der Waals surface area contributed by atoms with Crippen LogP contribution in [0.4, 0.5) is 28.7 Å². The van der Waals surface area contributed by atoms with E-state index < -0.39 is 0 Å².